The summed E-state index contributed by atoms with van der Waals surface area (Å²) < 4.78 is 11.3. The van der Waals surface area contributed by atoms with Crippen LogP contribution in [0.2, 0.25) is 0 Å². The molecule has 36 heavy (non-hydrogen) atoms. The van der Waals surface area contributed by atoms with Crippen LogP contribution in [-0.2, 0) is 9.59 Å². The van der Waals surface area contributed by atoms with E-state index >= 15 is 0 Å². The lowest BCUT2D eigenvalue weighted by Crippen LogP contribution is -2.21. The smallest absolute Gasteiger partial charge is 0.262 e. The molecule has 0 fully saturated rings. The van der Waals surface area contributed by atoms with Crippen LogP contribution in [0.15, 0.2) is 97.1 Å². The van der Waals surface area contributed by atoms with Crippen LogP contribution >= 0.6 is 0 Å². The van der Waals surface area contributed by atoms with E-state index in [9.17, 15) is 9.59 Å². The van der Waals surface area contributed by atoms with Crippen molar-refractivity contribution < 1.29 is 19.1 Å². The minimum atomic E-state index is -0.281. The van der Waals surface area contributed by atoms with Crippen LogP contribution in [-0.4, -0.2) is 25.0 Å². The first-order valence-corrected chi connectivity index (χ1v) is 11.6. The van der Waals surface area contributed by atoms with Crippen molar-refractivity contribution in [2.45, 2.75) is 13.8 Å². The fourth-order valence-electron chi connectivity index (χ4n) is 3.73. The van der Waals surface area contributed by atoms with Crippen molar-refractivity contribution in [3.05, 3.63) is 108 Å². The molecule has 0 saturated heterocycles. The number of amides is 2. The highest BCUT2D eigenvalue weighted by Crippen LogP contribution is 2.33. The molecule has 4 aromatic rings. The fourth-order valence-corrected chi connectivity index (χ4v) is 3.73. The van der Waals surface area contributed by atoms with E-state index in [0.717, 1.165) is 22.3 Å². The number of rotatable bonds is 9. The summed E-state index contributed by atoms with van der Waals surface area (Å²) in [5.74, 6) is 0.716. The van der Waals surface area contributed by atoms with Gasteiger partial charge in [0, 0.05) is 22.5 Å². The minimum Gasteiger partial charge on any atom is -0.484 e. The second kappa shape index (κ2) is 11.7. The van der Waals surface area contributed by atoms with Crippen LogP contribution in [0, 0.1) is 13.8 Å². The molecular weight excluding hydrogens is 452 g/mol. The van der Waals surface area contributed by atoms with Crippen LogP contribution < -0.4 is 20.1 Å². The maximum atomic E-state index is 12.6. The predicted molar refractivity (Wildman–Crippen MR) is 142 cm³/mol. The largest absolute Gasteiger partial charge is 0.484 e. The first-order chi connectivity index (χ1) is 17.5. The summed E-state index contributed by atoms with van der Waals surface area (Å²) in [6.07, 6.45) is 0. The number of hydrogen-bond donors (Lipinski definition) is 2. The predicted octanol–water partition coefficient (Wildman–Crippen LogP) is 6.01. The van der Waals surface area contributed by atoms with Crippen molar-refractivity contribution in [1.82, 2.24) is 0 Å². The van der Waals surface area contributed by atoms with Crippen molar-refractivity contribution in [2.24, 2.45) is 0 Å². The number of nitrogens with one attached hydrogen (secondary N) is 2. The van der Waals surface area contributed by atoms with Gasteiger partial charge in [-0.2, -0.15) is 0 Å². The second-order valence-corrected chi connectivity index (χ2v) is 8.40. The molecule has 0 atom stereocenters. The summed E-state index contributed by atoms with van der Waals surface area (Å²) in [6, 6.07) is 30.0. The average molecular weight is 481 g/mol. The van der Waals surface area contributed by atoms with Crippen LogP contribution in [0.25, 0.3) is 11.1 Å². The first kappa shape index (κ1) is 24.5. The van der Waals surface area contributed by atoms with Gasteiger partial charge < -0.3 is 20.1 Å². The number of ether oxygens (including phenoxy) is 2. The molecule has 0 saturated carbocycles. The molecule has 2 amide bonds. The molecule has 182 valence electrons. The zero-order valence-corrected chi connectivity index (χ0v) is 20.3. The maximum absolute atomic E-state index is 12.6. The van der Waals surface area contributed by atoms with Crippen LogP contribution in [0.4, 0.5) is 11.4 Å². The zero-order chi connectivity index (χ0) is 25.3. The van der Waals surface area contributed by atoms with Gasteiger partial charge in [0.1, 0.15) is 11.5 Å². The van der Waals surface area contributed by atoms with Crippen molar-refractivity contribution >= 4 is 23.2 Å². The summed E-state index contributed by atoms with van der Waals surface area (Å²) in [7, 11) is 0. The average Bonchev–Trinajstić information content (AvgIpc) is 2.87. The van der Waals surface area contributed by atoms with Crippen molar-refractivity contribution in [3.63, 3.8) is 0 Å². The van der Waals surface area contributed by atoms with Crippen LogP contribution in [0.1, 0.15) is 11.1 Å². The summed E-state index contributed by atoms with van der Waals surface area (Å²) in [6.45, 7) is 3.70. The standard InChI is InChI=1S/C30H28N2O4/c1-21-9-7-11-23(17-21)35-19-29(33)31-27-15-5-3-13-25(27)26-14-4-6-16-28(26)32-30(34)20-36-24-12-8-10-22(2)18-24/h3-18H,19-20H2,1-2H3,(H,31,33)(H,32,34). The lowest BCUT2D eigenvalue weighted by atomic mass is 10.0. The summed E-state index contributed by atoms with van der Waals surface area (Å²) in [5, 5.41) is 5.85. The second-order valence-electron chi connectivity index (χ2n) is 8.40. The van der Waals surface area contributed by atoms with E-state index in [0.29, 0.717) is 22.9 Å². The molecule has 0 heterocycles. The molecule has 0 spiro atoms. The van der Waals surface area contributed by atoms with Gasteiger partial charge in [-0.05, 0) is 61.4 Å². The Morgan fingerprint density at radius 3 is 1.42 bits per heavy atom. The van der Waals surface area contributed by atoms with Gasteiger partial charge in [-0.1, -0.05) is 60.7 Å². The number of benzene rings is 4. The highest BCUT2D eigenvalue weighted by molar-refractivity contribution is 6.01. The number of para-hydroxylation sites is 2. The molecule has 0 aliphatic carbocycles. The highest BCUT2D eigenvalue weighted by Gasteiger charge is 2.14. The van der Waals surface area contributed by atoms with Crippen molar-refractivity contribution in [1.29, 1.82) is 0 Å². The van der Waals surface area contributed by atoms with Gasteiger partial charge in [0.15, 0.2) is 13.2 Å². The molecular formula is C30H28N2O4. The Kier molecular flexibility index (Phi) is 7.98. The Hall–Kier alpha value is -4.58. The number of aryl methyl sites for hydroxylation is 2. The van der Waals surface area contributed by atoms with E-state index in [1.54, 1.807) is 0 Å². The molecule has 0 aromatic heterocycles. The van der Waals surface area contributed by atoms with Crippen molar-refractivity contribution in [3.8, 4) is 22.6 Å². The Bertz CT molecular complexity index is 1260. The Morgan fingerprint density at radius 1 is 0.583 bits per heavy atom. The van der Waals surface area contributed by atoms with Crippen LogP contribution in [0.3, 0.4) is 0 Å². The Labute approximate surface area is 210 Å². The highest BCUT2D eigenvalue weighted by atomic mass is 16.5. The lowest BCUT2D eigenvalue weighted by Gasteiger charge is -2.16. The van der Waals surface area contributed by atoms with E-state index in [4.69, 9.17) is 9.47 Å². The fraction of sp³-hybridized carbons (Fsp3) is 0.133. The molecule has 0 radical (unpaired) electrons. The number of carbonyl (C=O) groups is 2. The molecule has 4 aromatic carbocycles. The van der Waals surface area contributed by atoms with E-state index in [2.05, 4.69) is 10.6 Å². The number of hydrogen-bond acceptors (Lipinski definition) is 4. The summed E-state index contributed by atoms with van der Waals surface area (Å²) >= 11 is 0. The zero-order valence-electron chi connectivity index (χ0n) is 20.3. The van der Waals surface area contributed by atoms with Gasteiger partial charge in [-0.25, -0.2) is 0 Å². The number of anilines is 2. The molecule has 0 aliphatic rings. The summed E-state index contributed by atoms with van der Waals surface area (Å²) in [4.78, 5) is 25.3. The molecule has 0 bridgehead atoms. The molecule has 6 nitrogen and oxygen atoms in total. The molecule has 0 unspecified atom stereocenters. The van der Waals surface area contributed by atoms with Gasteiger partial charge in [-0.3, -0.25) is 9.59 Å². The molecule has 2 N–H and O–H groups in total. The first-order valence-electron chi connectivity index (χ1n) is 11.6. The summed E-state index contributed by atoms with van der Waals surface area (Å²) in [5.41, 5.74) is 4.90. The van der Waals surface area contributed by atoms with Gasteiger partial charge >= 0.3 is 0 Å². The van der Waals surface area contributed by atoms with Gasteiger partial charge in [0.25, 0.3) is 11.8 Å². The monoisotopic (exact) mass is 480 g/mol. The maximum Gasteiger partial charge on any atom is 0.262 e. The Morgan fingerprint density at radius 2 is 1.00 bits per heavy atom. The van der Waals surface area contributed by atoms with Crippen molar-refractivity contribution in [2.75, 3.05) is 23.8 Å². The van der Waals surface area contributed by atoms with E-state index < -0.39 is 0 Å². The SMILES string of the molecule is Cc1cccc(OCC(=O)Nc2ccccc2-c2ccccc2NC(=O)COc2cccc(C)c2)c1. The lowest BCUT2D eigenvalue weighted by molar-refractivity contribution is -0.118. The topological polar surface area (TPSA) is 76.7 Å². The quantitative estimate of drug-likeness (QED) is 0.308. The van der Waals surface area contributed by atoms with E-state index in [1.165, 1.54) is 0 Å². The number of carbonyl (C=O) groups excluding carboxylic acids is 2. The van der Waals surface area contributed by atoms with E-state index in [1.807, 2.05) is 111 Å². The molecule has 6 heteroatoms. The Balaban J connectivity index is 1.44. The van der Waals surface area contributed by atoms with Gasteiger partial charge in [-0.15, -0.1) is 0 Å². The van der Waals surface area contributed by atoms with E-state index in [-0.39, 0.29) is 25.0 Å². The third-order valence-corrected chi connectivity index (χ3v) is 5.41. The minimum absolute atomic E-state index is 0.119. The van der Waals surface area contributed by atoms with Crippen LogP contribution in [0.5, 0.6) is 11.5 Å². The third kappa shape index (κ3) is 6.73. The van der Waals surface area contributed by atoms with Gasteiger partial charge in [0.05, 0.1) is 0 Å². The van der Waals surface area contributed by atoms with Gasteiger partial charge in [0.2, 0.25) is 0 Å². The normalized spacial score (nSPS) is 10.4. The molecule has 0 aliphatic heterocycles. The molecule has 4 rings (SSSR count). The third-order valence-electron chi connectivity index (χ3n) is 5.41.